The molecule has 148 valence electrons. The van der Waals surface area contributed by atoms with Crippen LogP contribution in [0.2, 0.25) is 10.0 Å². The van der Waals surface area contributed by atoms with E-state index in [1.54, 1.807) is 18.2 Å². The summed E-state index contributed by atoms with van der Waals surface area (Å²) >= 11 is 12.5. The average molecular weight is 452 g/mol. The Balaban J connectivity index is 1.76. The van der Waals surface area contributed by atoms with Crippen molar-refractivity contribution >= 4 is 69.5 Å². The fourth-order valence-corrected chi connectivity index (χ4v) is 3.63. The lowest BCUT2D eigenvalue weighted by Gasteiger charge is -2.12. The number of anilines is 1. The van der Waals surface area contributed by atoms with Crippen LogP contribution in [0.15, 0.2) is 47.4 Å². The highest BCUT2D eigenvalue weighted by Crippen LogP contribution is 2.34. The molecule has 1 fully saturated rings. The monoisotopic (exact) mass is 451 g/mol. The van der Waals surface area contributed by atoms with Crippen molar-refractivity contribution in [2.45, 2.75) is 0 Å². The maximum absolute atomic E-state index is 12.5. The number of hydrogen-bond acceptors (Lipinski definition) is 6. The number of benzene rings is 2. The number of thioether (sulfide) groups is 1. The molecule has 1 aliphatic rings. The first-order chi connectivity index (χ1) is 13.7. The molecule has 0 spiro atoms. The largest absolute Gasteiger partial charge is 0.324 e. The number of imide groups is 1. The number of hydrogen-bond donors (Lipinski definition) is 1. The van der Waals surface area contributed by atoms with Crippen molar-refractivity contribution in [1.82, 2.24) is 4.90 Å². The fraction of sp³-hybridized carbons (Fsp3) is 0.0556. The summed E-state index contributed by atoms with van der Waals surface area (Å²) < 4.78 is 0. The first kappa shape index (κ1) is 20.8. The predicted molar refractivity (Wildman–Crippen MR) is 111 cm³/mol. The van der Waals surface area contributed by atoms with Crippen molar-refractivity contribution in [1.29, 1.82) is 0 Å². The normalized spacial score (nSPS) is 15.1. The second-order valence-corrected chi connectivity index (χ2v) is 7.63. The van der Waals surface area contributed by atoms with Gasteiger partial charge >= 0.3 is 0 Å². The van der Waals surface area contributed by atoms with Gasteiger partial charge in [-0.1, -0.05) is 29.3 Å². The second-order valence-electron chi connectivity index (χ2n) is 5.79. The van der Waals surface area contributed by atoms with Crippen LogP contribution >= 0.6 is 35.0 Å². The van der Waals surface area contributed by atoms with Gasteiger partial charge in [-0.15, -0.1) is 0 Å². The lowest BCUT2D eigenvalue weighted by molar-refractivity contribution is -0.384. The number of rotatable bonds is 5. The molecule has 1 heterocycles. The number of amides is 3. The summed E-state index contributed by atoms with van der Waals surface area (Å²) in [6.45, 7) is -0.489. The van der Waals surface area contributed by atoms with Crippen LogP contribution in [0.5, 0.6) is 0 Å². The number of nitrogens with zero attached hydrogens (tertiary/aromatic N) is 2. The molecule has 0 radical (unpaired) electrons. The molecule has 8 nitrogen and oxygen atoms in total. The Morgan fingerprint density at radius 2 is 1.97 bits per heavy atom. The molecule has 2 aromatic carbocycles. The maximum atomic E-state index is 12.5. The summed E-state index contributed by atoms with van der Waals surface area (Å²) in [4.78, 5) is 48.0. The molecule has 3 rings (SSSR count). The van der Waals surface area contributed by atoms with Crippen molar-refractivity contribution < 1.29 is 19.3 Å². The summed E-state index contributed by atoms with van der Waals surface area (Å²) in [6.07, 6.45) is 1.29. The number of halogens is 2. The molecule has 0 bridgehead atoms. The predicted octanol–water partition coefficient (Wildman–Crippen LogP) is 4.58. The Hall–Kier alpha value is -2.88. The number of carbonyl (C=O) groups excluding carboxylic acids is 3. The van der Waals surface area contributed by atoms with Gasteiger partial charge in [-0.05, 0) is 42.1 Å². The van der Waals surface area contributed by atoms with Gasteiger partial charge < -0.3 is 5.32 Å². The molecule has 0 saturated carbocycles. The van der Waals surface area contributed by atoms with Crippen LogP contribution in [0, 0.1) is 10.1 Å². The highest BCUT2D eigenvalue weighted by Gasteiger charge is 2.36. The first-order valence-electron chi connectivity index (χ1n) is 7.99. The van der Waals surface area contributed by atoms with Crippen molar-refractivity contribution in [2.24, 2.45) is 0 Å². The van der Waals surface area contributed by atoms with Crippen LogP contribution in [-0.4, -0.2) is 33.4 Å². The molecule has 1 N–H and O–H groups in total. The molecule has 29 heavy (non-hydrogen) atoms. The van der Waals surface area contributed by atoms with E-state index in [4.69, 9.17) is 23.2 Å². The highest BCUT2D eigenvalue weighted by atomic mass is 35.5. The van der Waals surface area contributed by atoms with Crippen LogP contribution in [0.4, 0.5) is 16.2 Å². The number of nitro benzene ring substituents is 1. The Morgan fingerprint density at radius 1 is 1.21 bits per heavy atom. The Labute approximate surface area is 178 Å². The summed E-state index contributed by atoms with van der Waals surface area (Å²) in [5, 5.41) is 13.4. The van der Waals surface area contributed by atoms with Gasteiger partial charge in [-0.25, -0.2) is 0 Å². The van der Waals surface area contributed by atoms with E-state index in [0.29, 0.717) is 22.5 Å². The Kier molecular flexibility index (Phi) is 6.21. The summed E-state index contributed by atoms with van der Waals surface area (Å²) in [5.74, 6) is -1.27. The Morgan fingerprint density at radius 3 is 2.66 bits per heavy atom. The molecule has 0 unspecified atom stereocenters. The number of non-ortho nitro benzene ring substituents is 1. The van der Waals surface area contributed by atoms with Crippen molar-refractivity contribution in [3.8, 4) is 0 Å². The van der Waals surface area contributed by atoms with Crippen molar-refractivity contribution in [3.63, 3.8) is 0 Å². The van der Waals surface area contributed by atoms with Gasteiger partial charge in [0, 0.05) is 33.4 Å². The van der Waals surface area contributed by atoms with Gasteiger partial charge in [0.25, 0.3) is 16.8 Å². The summed E-state index contributed by atoms with van der Waals surface area (Å²) in [6, 6.07) is 10.2. The van der Waals surface area contributed by atoms with Gasteiger partial charge in [-0.3, -0.25) is 29.4 Å². The second kappa shape index (κ2) is 8.64. The van der Waals surface area contributed by atoms with E-state index in [0.717, 1.165) is 4.90 Å². The fourth-order valence-electron chi connectivity index (χ4n) is 2.44. The summed E-state index contributed by atoms with van der Waals surface area (Å²) in [7, 11) is 0. The minimum Gasteiger partial charge on any atom is -0.324 e. The third kappa shape index (κ3) is 4.94. The zero-order valence-electron chi connectivity index (χ0n) is 14.4. The van der Waals surface area contributed by atoms with E-state index in [1.165, 1.54) is 30.3 Å². The zero-order valence-corrected chi connectivity index (χ0v) is 16.8. The highest BCUT2D eigenvalue weighted by molar-refractivity contribution is 8.18. The topological polar surface area (TPSA) is 110 Å². The zero-order chi connectivity index (χ0) is 21.1. The van der Waals surface area contributed by atoms with E-state index in [1.807, 2.05) is 0 Å². The van der Waals surface area contributed by atoms with E-state index in [9.17, 15) is 24.5 Å². The smallest absolute Gasteiger partial charge is 0.294 e. The third-order valence-electron chi connectivity index (χ3n) is 3.76. The van der Waals surface area contributed by atoms with Crippen LogP contribution < -0.4 is 5.32 Å². The molecular weight excluding hydrogens is 441 g/mol. The molecule has 0 aliphatic carbocycles. The van der Waals surface area contributed by atoms with Gasteiger partial charge in [0.2, 0.25) is 5.91 Å². The van der Waals surface area contributed by atoms with Gasteiger partial charge in [0.1, 0.15) is 6.54 Å². The van der Waals surface area contributed by atoms with Gasteiger partial charge in [0.15, 0.2) is 0 Å². The van der Waals surface area contributed by atoms with Crippen LogP contribution in [0.3, 0.4) is 0 Å². The van der Waals surface area contributed by atoms with Crippen molar-refractivity contribution in [3.05, 3.63) is 73.1 Å². The minimum absolute atomic E-state index is 0.00736. The molecule has 1 aliphatic heterocycles. The molecule has 0 aromatic heterocycles. The Bertz CT molecular complexity index is 1070. The van der Waals surface area contributed by atoms with Crippen molar-refractivity contribution in [2.75, 3.05) is 11.9 Å². The lowest BCUT2D eigenvalue weighted by atomic mass is 10.2. The molecule has 1 saturated heterocycles. The molecule has 11 heteroatoms. The SMILES string of the molecule is O=C(CN1C(=O)S/C(=C\c2cc([N+](=O)[O-])ccc2Cl)C1=O)Nc1cccc(Cl)c1. The average Bonchev–Trinajstić information content (AvgIpc) is 2.90. The molecule has 3 amide bonds. The molecule has 2 aromatic rings. The molecular formula is C18H11Cl2N3O5S. The summed E-state index contributed by atoms with van der Waals surface area (Å²) in [5.41, 5.74) is 0.434. The molecule has 0 atom stereocenters. The minimum atomic E-state index is -0.691. The number of carbonyl (C=O) groups is 3. The first-order valence-corrected chi connectivity index (χ1v) is 9.56. The lowest BCUT2D eigenvalue weighted by Crippen LogP contribution is -2.36. The van der Waals surface area contributed by atoms with Crippen LogP contribution in [0.25, 0.3) is 6.08 Å². The van der Waals surface area contributed by atoms with Crippen LogP contribution in [-0.2, 0) is 9.59 Å². The van der Waals surface area contributed by atoms with E-state index >= 15 is 0 Å². The standard InChI is InChI=1S/C18H11Cl2N3O5S/c19-11-2-1-3-12(8-11)21-16(24)9-22-17(25)15(29-18(22)26)7-10-6-13(23(27)28)4-5-14(10)20/h1-8H,9H2,(H,21,24)/b15-7-. The van der Waals surface area contributed by atoms with E-state index < -0.39 is 28.5 Å². The quantitative estimate of drug-likeness (QED) is 0.404. The van der Waals surface area contributed by atoms with Crippen LogP contribution in [0.1, 0.15) is 5.56 Å². The number of nitro groups is 1. The van der Waals surface area contributed by atoms with E-state index in [-0.39, 0.29) is 21.2 Å². The maximum Gasteiger partial charge on any atom is 0.294 e. The van der Waals surface area contributed by atoms with E-state index in [2.05, 4.69) is 5.32 Å². The van der Waals surface area contributed by atoms with Gasteiger partial charge in [-0.2, -0.15) is 0 Å². The van der Waals surface area contributed by atoms with Gasteiger partial charge in [0.05, 0.1) is 9.83 Å². The third-order valence-corrected chi connectivity index (χ3v) is 5.25. The number of nitrogens with one attached hydrogen (secondary N) is 1.